The molecule has 6 rings (SSSR count). The van der Waals surface area contributed by atoms with E-state index in [1.807, 2.05) is 36.5 Å². The third-order valence-electron chi connectivity index (χ3n) is 7.08. The number of hydrogen-bond donors (Lipinski definition) is 1. The number of aromatic nitrogens is 2. The topological polar surface area (TPSA) is 58.4 Å². The second kappa shape index (κ2) is 7.50. The van der Waals surface area contributed by atoms with E-state index in [9.17, 15) is 4.79 Å². The zero-order valence-electron chi connectivity index (χ0n) is 18.3. The highest BCUT2D eigenvalue weighted by Crippen LogP contribution is 2.53. The number of hydrogen-bond acceptors (Lipinski definition) is 4. The number of aliphatic carboxylic acids is 1. The van der Waals surface area contributed by atoms with Gasteiger partial charge in [-0.2, -0.15) is 0 Å². The lowest BCUT2D eigenvalue weighted by Gasteiger charge is -2.36. The van der Waals surface area contributed by atoms with Gasteiger partial charge < -0.3 is 9.67 Å². The summed E-state index contributed by atoms with van der Waals surface area (Å²) < 4.78 is 18.3. The van der Waals surface area contributed by atoms with Crippen molar-refractivity contribution in [2.45, 2.75) is 24.8 Å². The summed E-state index contributed by atoms with van der Waals surface area (Å²) in [4.78, 5) is 18.5. The largest absolute Gasteiger partial charge is 0.481 e. The van der Waals surface area contributed by atoms with Crippen LogP contribution in [0.3, 0.4) is 0 Å². The van der Waals surface area contributed by atoms with Gasteiger partial charge in [-0.15, -0.1) is 11.3 Å². The van der Waals surface area contributed by atoms with Crippen LogP contribution in [-0.4, -0.2) is 38.6 Å². The summed E-state index contributed by atoms with van der Waals surface area (Å²) in [5, 5.41) is 10.2. The van der Waals surface area contributed by atoms with Gasteiger partial charge in [0.2, 0.25) is 0 Å². The lowest BCUT2D eigenvalue weighted by atomic mass is 9.94. The van der Waals surface area contributed by atoms with Crippen molar-refractivity contribution in [2.75, 3.05) is 13.1 Å². The van der Waals surface area contributed by atoms with Crippen LogP contribution in [-0.2, 0) is 23.8 Å². The third-order valence-corrected chi connectivity index (χ3v) is 8.23. The third kappa shape index (κ3) is 3.47. The highest BCUT2D eigenvalue weighted by atomic mass is 32.1. The fraction of sp³-hybridized carbons (Fsp3) is 0.308. The number of halogens is 1. The fourth-order valence-corrected chi connectivity index (χ4v) is 6.11. The zero-order valence-corrected chi connectivity index (χ0v) is 19.1. The number of nitrogens with zero attached hydrogens (tertiary/aromatic N) is 3. The van der Waals surface area contributed by atoms with E-state index in [-0.39, 0.29) is 17.2 Å². The van der Waals surface area contributed by atoms with Crippen LogP contribution in [0.2, 0.25) is 0 Å². The molecule has 0 unspecified atom stereocenters. The maximum Gasteiger partial charge on any atom is 0.309 e. The van der Waals surface area contributed by atoms with Gasteiger partial charge in [-0.25, -0.2) is 9.37 Å². The number of carboxylic acid groups (broad SMARTS) is 1. The molecule has 1 N–H and O–H groups in total. The number of likely N-dealkylation sites (tertiary alicyclic amines) is 1. The molecular formula is C26H24FN3O2S. The number of aryl methyl sites for hydroxylation is 1. The van der Waals surface area contributed by atoms with Crippen LogP contribution in [0.1, 0.15) is 29.8 Å². The summed E-state index contributed by atoms with van der Waals surface area (Å²) in [6.07, 6.45) is 6.05. The van der Waals surface area contributed by atoms with E-state index in [1.54, 1.807) is 17.4 Å². The van der Waals surface area contributed by atoms with Crippen molar-refractivity contribution in [3.63, 3.8) is 0 Å². The van der Waals surface area contributed by atoms with Crippen LogP contribution in [0.4, 0.5) is 4.39 Å². The predicted octanol–water partition coefficient (Wildman–Crippen LogP) is 5.04. The van der Waals surface area contributed by atoms with E-state index in [0.29, 0.717) is 25.2 Å². The molecule has 0 spiro atoms. The van der Waals surface area contributed by atoms with E-state index in [4.69, 9.17) is 5.11 Å². The number of benzene rings is 2. The first kappa shape index (κ1) is 20.6. The Bertz CT molecular complexity index is 1380. The number of imidazole rings is 1. The highest BCUT2D eigenvalue weighted by molar-refractivity contribution is 7.22. The van der Waals surface area contributed by atoms with Crippen molar-refractivity contribution in [3.05, 3.63) is 77.6 Å². The van der Waals surface area contributed by atoms with Crippen LogP contribution in [0.15, 0.2) is 54.9 Å². The molecule has 2 aromatic carbocycles. The lowest BCUT2D eigenvalue weighted by molar-refractivity contribution is -0.147. The van der Waals surface area contributed by atoms with Crippen LogP contribution in [0.25, 0.3) is 20.5 Å². The summed E-state index contributed by atoms with van der Waals surface area (Å²) in [5.41, 5.74) is 2.75. The standard InChI is InChI=1S/C26H24FN3O2S/c1-29-9-8-28-25(29)26(6-7-26)19-3-5-22-17(11-19)12-23(33-22)20-4-2-16(10-21(20)27)13-30-14-18(15-30)24(31)32/h2-5,8-12,18H,6-7,13-15H2,1H3,(H,31,32). The van der Waals surface area contributed by atoms with Gasteiger partial charge in [0.1, 0.15) is 11.6 Å². The van der Waals surface area contributed by atoms with Crippen molar-refractivity contribution in [3.8, 4) is 10.4 Å². The van der Waals surface area contributed by atoms with Crippen molar-refractivity contribution < 1.29 is 14.3 Å². The molecule has 7 heteroatoms. The van der Waals surface area contributed by atoms with Gasteiger partial charge in [-0.1, -0.05) is 18.2 Å². The summed E-state index contributed by atoms with van der Waals surface area (Å²) >= 11 is 1.61. The number of carboxylic acids is 1. The fourth-order valence-electron chi connectivity index (χ4n) is 5.04. The predicted molar refractivity (Wildman–Crippen MR) is 127 cm³/mol. The second-order valence-electron chi connectivity index (χ2n) is 9.35. The Morgan fingerprint density at radius 1 is 1.21 bits per heavy atom. The molecule has 0 amide bonds. The molecule has 4 aromatic rings. The average Bonchev–Trinajstić information content (AvgIpc) is 3.25. The summed E-state index contributed by atoms with van der Waals surface area (Å²) in [5.74, 6) is -0.185. The van der Waals surface area contributed by atoms with Gasteiger partial charge in [0.25, 0.3) is 0 Å². The minimum absolute atomic E-state index is 0.00204. The normalized spacial score (nSPS) is 17.9. The molecule has 2 aliphatic rings. The summed E-state index contributed by atoms with van der Waals surface area (Å²) in [6, 6.07) is 14.1. The highest BCUT2D eigenvalue weighted by Gasteiger charge is 2.49. The van der Waals surface area contributed by atoms with E-state index in [1.165, 1.54) is 5.56 Å². The molecule has 0 atom stereocenters. The molecular weight excluding hydrogens is 437 g/mol. The van der Waals surface area contributed by atoms with Crippen LogP contribution in [0, 0.1) is 11.7 Å². The molecule has 33 heavy (non-hydrogen) atoms. The summed E-state index contributed by atoms with van der Waals surface area (Å²) in [6.45, 7) is 1.63. The van der Waals surface area contributed by atoms with E-state index in [2.05, 4.69) is 33.8 Å². The van der Waals surface area contributed by atoms with Gasteiger partial charge in [0.05, 0.1) is 11.3 Å². The Balaban J connectivity index is 1.25. The molecule has 0 radical (unpaired) electrons. The molecule has 1 aliphatic carbocycles. The first-order valence-electron chi connectivity index (χ1n) is 11.2. The van der Waals surface area contributed by atoms with Gasteiger partial charge >= 0.3 is 5.97 Å². The van der Waals surface area contributed by atoms with Gasteiger partial charge in [-0.05, 0) is 53.6 Å². The Kier molecular flexibility index (Phi) is 4.67. The minimum Gasteiger partial charge on any atom is -0.481 e. The van der Waals surface area contributed by atoms with Crippen molar-refractivity contribution in [1.82, 2.24) is 14.5 Å². The first-order valence-corrected chi connectivity index (χ1v) is 12.0. The van der Waals surface area contributed by atoms with Gasteiger partial charge in [0.15, 0.2) is 0 Å². The van der Waals surface area contributed by atoms with E-state index in [0.717, 1.165) is 39.2 Å². The number of fused-ring (bicyclic) bond motifs is 1. The zero-order chi connectivity index (χ0) is 22.7. The quantitative estimate of drug-likeness (QED) is 0.437. The lowest BCUT2D eigenvalue weighted by Crippen LogP contribution is -2.49. The van der Waals surface area contributed by atoms with Crippen molar-refractivity contribution >= 4 is 27.4 Å². The molecule has 2 aromatic heterocycles. The first-order chi connectivity index (χ1) is 15.9. The number of thiophene rings is 1. The van der Waals surface area contributed by atoms with Crippen LogP contribution in [0.5, 0.6) is 0 Å². The molecule has 1 saturated carbocycles. The molecule has 2 fully saturated rings. The molecule has 1 saturated heterocycles. The Hall–Kier alpha value is -3.03. The van der Waals surface area contributed by atoms with Crippen molar-refractivity contribution in [1.29, 1.82) is 0 Å². The Labute approximate surface area is 195 Å². The number of carbonyl (C=O) groups is 1. The Morgan fingerprint density at radius 3 is 2.70 bits per heavy atom. The second-order valence-corrected chi connectivity index (χ2v) is 10.4. The molecule has 1 aliphatic heterocycles. The molecule has 5 nitrogen and oxygen atoms in total. The molecule has 168 valence electrons. The Morgan fingerprint density at radius 2 is 2.03 bits per heavy atom. The smallest absolute Gasteiger partial charge is 0.309 e. The van der Waals surface area contributed by atoms with Gasteiger partial charge in [-0.3, -0.25) is 9.69 Å². The van der Waals surface area contributed by atoms with E-state index < -0.39 is 5.97 Å². The SMILES string of the molecule is Cn1ccnc1C1(c2ccc3sc(-c4ccc(CN5CC(C(=O)O)C5)cc4F)cc3c2)CC1. The summed E-state index contributed by atoms with van der Waals surface area (Å²) in [7, 11) is 2.04. The average molecular weight is 462 g/mol. The number of rotatable bonds is 6. The van der Waals surface area contributed by atoms with Crippen LogP contribution >= 0.6 is 11.3 Å². The maximum atomic E-state index is 15.0. The van der Waals surface area contributed by atoms with Crippen LogP contribution < -0.4 is 0 Å². The molecule has 3 heterocycles. The van der Waals surface area contributed by atoms with Crippen molar-refractivity contribution in [2.24, 2.45) is 13.0 Å². The van der Waals surface area contributed by atoms with E-state index >= 15 is 4.39 Å². The minimum atomic E-state index is -0.756. The van der Waals surface area contributed by atoms with Gasteiger partial charge in [0, 0.05) is 54.2 Å². The monoisotopic (exact) mass is 461 g/mol. The molecule has 0 bridgehead atoms. The maximum absolute atomic E-state index is 15.0.